The van der Waals surface area contributed by atoms with Crippen molar-refractivity contribution in [2.75, 3.05) is 0 Å². The fourth-order valence-corrected chi connectivity index (χ4v) is 3.29. The average Bonchev–Trinajstić information content (AvgIpc) is 2.72. The first-order chi connectivity index (χ1) is 13.5. The van der Waals surface area contributed by atoms with Crippen molar-refractivity contribution in [2.45, 2.75) is 39.5 Å². The fourth-order valence-electron chi connectivity index (χ4n) is 3.08. The summed E-state index contributed by atoms with van der Waals surface area (Å²) in [5, 5.41) is 2.52. The van der Waals surface area contributed by atoms with Gasteiger partial charge >= 0.3 is 0 Å². The van der Waals surface area contributed by atoms with Crippen molar-refractivity contribution in [3.63, 3.8) is 0 Å². The van der Waals surface area contributed by atoms with Gasteiger partial charge in [-0.15, -0.1) is 12.6 Å². The van der Waals surface area contributed by atoms with Gasteiger partial charge in [0.25, 0.3) is 0 Å². The van der Waals surface area contributed by atoms with E-state index in [-0.39, 0.29) is 0 Å². The lowest BCUT2D eigenvalue weighted by atomic mass is 9.95. The summed E-state index contributed by atoms with van der Waals surface area (Å²) in [6.07, 6.45) is 0. The molecule has 4 aromatic carbocycles. The van der Waals surface area contributed by atoms with Crippen LogP contribution in [0.2, 0.25) is 0 Å². The highest BCUT2D eigenvalue weighted by molar-refractivity contribution is 7.80. The van der Waals surface area contributed by atoms with Crippen molar-refractivity contribution in [3.05, 3.63) is 102 Å². The van der Waals surface area contributed by atoms with Crippen molar-refractivity contribution in [1.29, 1.82) is 0 Å². The third-order valence-corrected chi connectivity index (χ3v) is 4.84. The maximum Gasteiger partial charge on any atom is 0.00463 e. The lowest BCUT2D eigenvalue weighted by Crippen LogP contribution is -1.87. The van der Waals surface area contributed by atoms with Crippen molar-refractivity contribution >= 4 is 23.4 Å². The van der Waals surface area contributed by atoms with Crippen LogP contribution in [0.4, 0.5) is 0 Å². The Hall–Kier alpha value is -2.51. The van der Waals surface area contributed by atoms with Gasteiger partial charge in [-0.2, -0.15) is 0 Å². The standard InChI is InChI=1S/C15H16.C10H8S.C2H6/c1-11-8-9-13(3)15(10-11)14-7-5-4-6-12(14)2;11-10-6-5-8-3-1-2-4-9(8)7-10;1-2/h4-10H,1-3H3;1-7,11H;1-2H3. The van der Waals surface area contributed by atoms with Crippen LogP contribution in [0.3, 0.4) is 0 Å². The van der Waals surface area contributed by atoms with Crippen LogP contribution >= 0.6 is 12.6 Å². The number of hydrogen-bond acceptors (Lipinski definition) is 1. The molecule has 1 heteroatoms. The fraction of sp³-hybridized carbons (Fsp3) is 0.185. The van der Waals surface area contributed by atoms with E-state index < -0.39 is 0 Å². The van der Waals surface area contributed by atoms with E-state index >= 15 is 0 Å². The Balaban J connectivity index is 0.000000191. The molecule has 0 N–H and O–H groups in total. The molecule has 0 saturated heterocycles. The third-order valence-electron chi connectivity index (χ3n) is 4.56. The largest absolute Gasteiger partial charge is 0.143 e. The van der Waals surface area contributed by atoms with Gasteiger partial charge in [-0.25, -0.2) is 0 Å². The molecular formula is C27H30S. The van der Waals surface area contributed by atoms with E-state index in [1.807, 2.05) is 32.0 Å². The second-order valence-corrected chi connectivity index (χ2v) is 7.18. The molecule has 0 aliphatic carbocycles. The summed E-state index contributed by atoms with van der Waals surface area (Å²) in [7, 11) is 0. The summed E-state index contributed by atoms with van der Waals surface area (Å²) < 4.78 is 0. The minimum atomic E-state index is 1.02. The second-order valence-electron chi connectivity index (χ2n) is 6.66. The molecule has 0 bridgehead atoms. The summed E-state index contributed by atoms with van der Waals surface area (Å²) in [6, 6.07) is 29.6. The van der Waals surface area contributed by atoms with E-state index in [4.69, 9.17) is 0 Å². The Kier molecular flexibility index (Phi) is 8.35. The van der Waals surface area contributed by atoms with Crippen LogP contribution in [0.15, 0.2) is 89.8 Å². The van der Waals surface area contributed by atoms with Gasteiger partial charge in [-0.3, -0.25) is 0 Å². The highest BCUT2D eigenvalue weighted by Gasteiger charge is 2.04. The Bertz CT molecular complexity index is 1030. The summed E-state index contributed by atoms with van der Waals surface area (Å²) in [6.45, 7) is 10.5. The first-order valence-corrected chi connectivity index (χ1v) is 10.3. The van der Waals surface area contributed by atoms with Gasteiger partial charge in [0.05, 0.1) is 0 Å². The summed E-state index contributed by atoms with van der Waals surface area (Å²) in [4.78, 5) is 1.02. The Labute approximate surface area is 175 Å². The molecule has 144 valence electrons. The van der Waals surface area contributed by atoms with Crippen LogP contribution in [-0.2, 0) is 0 Å². The molecule has 28 heavy (non-hydrogen) atoms. The lowest BCUT2D eigenvalue weighted by Gasteiger charge is -2.09. The monoisotopic (exact) mass is 386 g/mol. The molecule has 0 atom stereocenters. The predicted octanol–water partition coefficient (Wildman–Crippen LogP) is 8.43. The van der Waals surface area contributed by atoms with Crippen LogP contribution in [-0.4, -0.2) is 0 Å². The molecule has 0 amide bonds. The minimum absolute atomic E-state index is 1.02. The molecule has 0 heterocycles. The zero-order valence-electron chi connectivity index (χ0n) is 17.5. The average molecular weight is 387 g/mol. The predicted molar refractivity (Wildman–Crippen MR) is 129 cm³/mol. The SMILES string of the molecule is CC.Cc1ccc(C)c(-c2ccccc2C)c1.Sc1ccc2ccccc2c1. The molecular weight excluding hydrogens is 356 g/mol. The Morgan fingerprint density at radius 3 is 1.86 bits per heavy atom. The van der Waals surface area contributed by atoms with Crippen LogP contribution in [0.25, 0.3) is 21.9 Å². The molecule has 0 aliphatic rings. The third kappa shape index (κ3) is 5.74. The smallest absolute Gasteiger partial charge is 0.00463 e. The summed E-state index contributed by atoms with van der Waals surface area (Å²) in [5.74, 6) is 0. The number of hydrogen-bond donors (Lipinski definition) is 1. The number of fused-ring (bicyclic) bond motifs is 1. The number of thiol groups is 1. The van der Waals surface area contributed by atoms with Gasteiger partial charge in [-0.05, 0) is 65.9 Å². The number of benzene rings is 4. The molecule has 0 aliphatic heterocycles. The first-order valence-electron chi connectivity index (χ1n) is 9.85. The van der Waals surface area contributed by atoms with Crippen LogP contribution in [0.5, 0.6) is 0 Å². The molecule has 0 spiro atoms. The zero-order chi connectivity index (χ0) is 20.5. The van der Waals surface area contributed by atoms with E-state index in [9.17, 15) is 0 Å². The van der Waals surface area contributed by atoms with Gasteiger partial charge in [0.1, 0.15) is 0 Å². The topological polar surface area (TPSA) is 0 Å². The molecule has 0 nitrogen and oxygen atoms in total. The van der Waals surface area contributed by atoms with Gasteiger partial charge in [-0.1, -0.05) is 92.2 Å². The summed E-state index contributed by atoms with van der Waals surface area (Å²) in [5.41, 5.74) is 6.70. The van der Waals surface area contributed by atoms with Crippen LogP contribution in [0, 0.1) is 20.8 Å². The second kappa shape index (κ2) is 10.7. The highest BCUT2D eigenvalue weighted by Crippen LogP contribution is 2.27. The van der Waals surface area contributed by atoms with E-state index in [2.05, 4.69) is 100 Å². The molecule has 0 unspecified atom stereocenters. The zero-order valence-corrected chi connectivity index (χ0v) is 18.4. The maximum atomic E-state index is 4.26. The Morgan fingerprint density at radius 1 is 0.536 bits per heavy atom. The molecule has 4 rings (SSSR count). The van der Waals surface area contributed by atoms with Crippen LogP contribution in [0.1, 0.15) is 30.5 Å². The van der Waals surface area contributed by atoms with E-state index in [0.29, 0.717) is 0 Å². The molecule has 4 aromatic rings. The Morgan fingerprint density at radius 2 is 1.14 bits per heavy atom. The van der Waals surface area contributed by atoms with Gasteiger partial charge in [0.15, 0.2) is 0 Å². The van der Waals surface area contributed by atoms with E-state index in [1.165, 1.54) is 38.6 Å². The molecule has 0 fully saturated rings. The normalized spacial score (nSPS) is 9.79. The van der Waals surface area contributed by atoms with Gasteiger partial charge < -0.3 is 0 Å². The van der Waals surface area contributed by atoms with Crippen molar-refractivity contribution < 1.29 is 0 Å². The van der Waals surface area contributed by atoms with Gasteiger partial charge in [0.2, 0.25) is 0 Å². The highest BCUT2D eigenvalue weighted by atomic mass is 32.1. The molecule has 0 aromatic heterocycles. The van der Waals surface area contributed by atoms with E-state index in [1.54, 1.807) is 0 Å². The molecule has 0 saturated carbocycles. The van der Waals surface area contributed by atoms with Gasteiger partial charge in [0, 0.05) is 4.90 Å². The van der Waals surface area contributed by atoms with Crippen LogP contribution < -0.4 is 0 Å². The number of aryl methyl sites for hydroxylation is 3. The van der Waals surface area contributed by atoms with Crippen molar-refractivity contribution in [2.24, 2.45) is 0 Å². The maximum absolute atomic E-state index is 4.26. The quantitative estimate of drug-likeness (QED) is 0.312. The lowest BCUT2D eigenvalue weighted by molar-refractivity contribution is 1.37. The molecule has 0 radical (unpaired) electrons. The van der Waals surface area contributed by atoms with Crippen molar-refractivity contribution in [1.82, 2.24) is 0 Å². The number of rotatable bonds is 1. The minimum Gasteiger partial charge on any atom is -0.143 e. The van der Waals surface area contributed by atoms with Crippen molar-refractivity contribution in [3.8, 4) is 11.1 Å². The first kappa shape index (κ1) is 21.8. The summed E-state index contributed by atoms with van der Waals surface area (Å²) >= 11 is 4.26. The van der Waals surface area contributed by atoms with E-state index in [0.717, 1.165) is 4.90 Å².